The summed E-state index contributed by atoms with van der Waals surface area (Å²) in [6.07, 6.45) is 5.52. The quantitative estimate of drug-likeness (QED) is 0.161. The minimum absolute atomic E-state index is 0. The van der Waals surface area contributed by atoms with Gasteiger partial charge in [-0.15, -0.1) is 35.3 Å². The van der Waals surface area contributed by atoms with Crippen molar-refractivity contribution in [2.75, 3.05) is 26.0 Å². The molecule has 8 heteroatoms. The van der Waals surface area contributed by atoms with E-state index in [1.165, 1.54) is 12.8 Å². The molecule has 1 aliphatic carbocycles. The molecule has 0 unspecified atom stereocenters. The number of thioether (sulfide) groups is 1. The molecule has 1 aromatic carbocycles. The van der Waals surface area contributed by atoms with E-state index in [9.17, 15) is 0 Å². The number of para-hydroxylation sites is 1. The monoisotopic (exact) mass is 518 g/mol. The lowest BCUT2D eigenvalue weighted by Crippen LogP contribution is -2.37. The van der Waals surface area contributed by atoms with Gasteiger partial charge in [0.15, 0.2) is 5.96 Å². The van der Waals surface area contributed by atoms with Crippen molar-refractivity contribution >= 4 is 53.0 Å². The molecule has 1 heterocycles. The van der Waals surface area contributed by atoms with Gasteiger partial charge < -0.3 is 15.4 Å². The van der Waals surface area contributed by atoms with E-state index in [0.29, 0.717) is 6.54 Å². The van der Waals surface area contributed by atoms with Crippen molar-refractivity contribution in [2.45, 2.75) is 30.1 Å². The van der Waals surface area contributed by atoms with Crippen molar-refractivity contribution < 1.29 is 4.74 Å². The molecule has 148 valence electrons. The third-order valence-corrected chi connectivity index (χ3v) is 6.11. The third kappa shape index (κ3) is 8.27. The minimum atomic E-state index is 0. The second kappa shape index (κ2) is 12.5. The summed E-state index contributed by atoms with van der Waals surface area (Å²) in [5.74, 6) is 3.60. The molecule has 0 amide bonds. The fraction of sp³-hybridized carbons (Fsp3) is 0.474. The van der Waals surface area contributed by atoms with Crippen LogP contribution in [0.1, 0.15) is 24.8 Å². The molecule has 1 aliphatic rings. The fourth-order valence-electron chi connectivity index (χ4n) is 2.40. The predicted molar refractivity (Wildman–Crippen MR) is 126 cm³/mol. The van der Waals surface area contributed by atoms with Crippen molar-refractivity contribution in [2.24, 2.45) is 10.9 Å². The van der Waals surface area contributed by atoms with Crippen molar-refractivity contribution in [1.29, 1.82) is 0 Å². The van der Waals surface area contributed by atoms with E-state index >= 15 is 0 Å². The van der Waals surface area contributed by atoms with Gasteiger partial charge >= 0.3 is 0 Å². The van der Waals surface area contributed by atoms with Crippen LogP contribution < -0.4 is 15.4 Å². The van der Waals surface area contributed by atoms with Crippen molar-refractivity contribution in [3.8, 4) is 5.75 Å². The average molecular weight is 518 g/mol. The topological polar surface area (TPSA) is 58.5 Å². The van der Waals surface area contributed by atoms with E-state index < -0.39 is 0 Å². The zero-order chi connectivity index (χ0) is 18.0. The van der Waals surface area contributed by atoms with Gasteiger partial charge in [-0.1, -0.05) is 30.0 Å². The molecule has 0 bridgehead atoms. The SMILES string of the molecule is CN=C(NCCCSc1nccs1)NCc1ccccc1OCC1CC1.I. The Bertz CT molecular complexity index is 693. The van der Waals surface area contributed by atoms with Gasteiger partial charge in [0.25, 0.3) is 0 Å². The molecule has 2 N–H and O–H groups in total. The maximum Gasteiger partial charge on any atom is 0.191 e. The summed E-state index contributed by atoms with van der Waals surface area (Å²) in [6, 6.07) is 8.23. The molecular weight excluding hydrogens is 491 g/mol. The zero-order valence-electron chi connectivity index (χ0n) is 15.5. The first-order chi connectivity index (χ1) is 12.8. The highest BCUT2D eigenvalue weighted by Crippen LogP contribution is 2.30. The molecule has 2 aromatic rings. The van der Waals surface area contributed by atoms with Gasteiger partial charge in [0.05, 0.1) is 6.61 Å². The van der Waals surface area contributed by atoms with Gasteiger partial charge in [-0.25, -0.2) is 4.98 Å². The lowest BCUT2D eigenvalue weighted by atomic mass is 10.2. The zero-order valence-corrected chi connectivity index (χ0v) is 19.5. The molecular formula is C19H27IN4OS2. The summed E-state index contributed by atoms with van der Waals surface area (Å²) in [6.45, 7) is 2.42. The maximum absolute atomic E-state index is 5.97. The Hall–Kier alpha value is -1.000. The summed E-state index contributed by atoms with van der Waals surface area (Å²) in [7, 11) is 1.80. The number of hydrogen-bond donors (Lipinski definition) is 2. The Morgan fingerprint density at radius 1 is 1.33 bits per heavy atom. The lowest BCUT2D eigenvalue weighted by Gasteiger charge is -2.14. The van der Waals surface area contributed by atoms with E-state index in [4.69, 9.17) is 4.74 Å². The fourth-order valence-corrected chi connectivity index (χ4v) is 4.05. The summed E-state index contributed by atoms with van der Waals surface area (Å²) < 4.78 is 7.10. The number of aromatic nitrogens is 1. The van der Waals surface area contributed by atoms with Crippen molar-refractivity contribution in [1.82, 2.24) is 15.6 Å². The standard InChI is InChI=1S/C19H26N4OS2.HI/c1-20-18(21-9-4-11-25-19-22-10-12-26-19)23-13-16-5-2-3-6-17(16)24-14-15-7-8-15;/h2-3,5-6,10,12,15H,4,7-9,11,13-14H2,1H3,(H2,20,21,23);1H. The Kier molecular flexibility index (Phi) is 10.3. The first kappa shape index (κ1) is 22.3. The second-order valence-corrected chi connectivity index (χ2v) is 8.45. The second-order valence-electron chi connectivity index (χ2n) is 6.21. The van der Waals surface area contributed by atoms with E-state index in [-0.39, 0.29) is 24.0 Å². The number of rotatable bonds is 10. The molecule has 0 saturated heterocycles. The van der Waals surface area contributed by atoms with Crippen LogP contribution in [0.25, 0.3) is 0 Å². The Morgan fingerprint density at radius 2 is 2.19 bits per heavy atom. The van der Waals surface area contributed by atoms with Gasteiger partial charge in [-0.3, -0.25) is 4.99 Å². The largest absolute Gasteiger partial charge is 0.493 e. The van der Waals surface area contributed by atoms with Crippen LogP contribution >= 0.6 is 47.1 Å². The van der Waals surface area contributed by atoms with Gasteiger partial charge in [-0.05, 0) is 31.2 Å². The number of aliphatic imine (C=N–C) groups is 1. The number of thiazole rings is 1. The number of guanidine groups is 1. The van der Waals surface area contributed by atoms with Crippen LogP contribution in [0.3, 0.4) is 0 Å². The van der Waals surface area contributed by atoms with Gasteiger partial charge in [-0.2, -0.15) is 0 Å². The average Bonchev–Trinajstić information content (AvgIpc) is 3.36. The Balaban J connectivity index is 0.00000261. The highest BCUT2D eigenvalue weighted by Gasteiger charge is 2.22. The van der Waals surface area contributed by atoms with Gasteiger partial charge in [0.2, 0.25) is 0 Å². The first-order valence-electron chi connectivity index (χ1n) is 9.02. The van der Waals surface area contributed by atoms with Crippen molar-refractivity contribution in [3.05, 3.63) is 41.4 Å². The molecule has 5 nitrogen and oxygen atoms in total. The number of hydrogen-bond acceptors (Lipinski definition) is 5. The summed E-state index contributed by atoms with van der Waals surface area (Å²) in [4.78, 5) is 8.58. The van der Waals surface area contributed by atoms with E-state index in [1.807, 2.05) is 29.8 Å². The number of nitrogens with zero attached hydrogens (tertiary/aromatic N) is 2. The summed E-state index contributed by atoms with van der Waals surface area (Å²) >= 11 is 3.49. The van der Waals surface area contributed by atoms with E-state index in [2.05, 4.69) is 26.7 Å². The van der Waals surface area contributed by atoms with Crippen LogP contribution in [0, 0.1) is 5.92 Å². The number of ether oxygens (including phenoxy) is 1. The smallest absolute Gasteiger partial charge is 0.191 e. The van der Waals surface area contributed by atoms with Crippen LogP contribution in [-0.2, 0) is 6.54 Å². The number of nitrogens with one attached hydrogen (secondary N) is 2. The molecule has 0 radical (unpaired) electrons. The number of halogens is 1. The predicted octanol–water partition coefficient (Wildman–Crippen LogP) is 4.40. The molecule has 1 saturated carbocycles. The summed E-state index contributed by atoms with van der Waals surface area (Å²) in [5, 5.41) is 8.76. The van der Waals surface area contributed by atoms with Crippen LogP contribution in [0.15, 0.2) is 45.2 Å². The molecule has 0 spiro atoms. The number of benzene rings is 1. The molecule has 1 fully saturated rings. The lowest BCUT2D eigenvalue weighted by molar-refractivity contribution is 0.296. The summed E-state index contributed by atoms with van der Waals surface area (Å²) in [5.41, 5.74) is 1.16. The molecule has 27 heavy (non-hydrogen) atoms. The molecule has 0 aliphatic heterocycles. The normalized spacial score (nSPS) is 13.7. The maximum atomic E-state index is 5.97. The van der Waals surface area contributed by atoms with Crippen LogP contribution in [-0.4, -0.2) is 36.9 Å². The van der Waals surface area contributed by atoms with Crippen LogP contribution in [0.2, 0.25) is 0 Å². The molecule has 1 aromatic heterocycles. The Labute approximate surface area is 186 Å². The minimum Gasteiger partial charge on any atom is -0.493 e. The van der Waals surface area contributed by atoms with Gasteiger partial charge in [0.1, 0.15) is 10.1 Å². The van der Waals surface area contributed by atoms with Crippen LogP contribution in [0.5, 0.6) is 5.75 Å². The van der Waals surface area contributed by atoms with E-state index in [0.717, 1.165) is 52.9 Å². The highest BCUT2D eigenvalue weighted by atomic mass is 127. The Morgan fingerprint density at radius 3 is 2.93 bits per heavy atom. The highest BCUT2D eigenvalue weighted by molar-refractivity contribution is 14.0. The molecule has 0 atom stereocenters. The van der Waals surface area contributed by atoms with Crippen molar-refractivity contribution in [3.63, 3.8) is 0 Å². The third-order valence-electron chi connectivity index (χ3n) is 4.06. The van der Waals surface area contributed by atoms with Gasteiger partial charge in [0, 0.05) is 43.0 Å². The first-order valence-corrected chi connectivity index (χ1v) is 10.9. The molecule has 3 rings (SSSR count). The van der Waals surface area contributed by atoms with E-state index in [1.54, 1.807) is 30.1 Å². The van der Waals surface area contributed by atoms with Crippen LogP contribution in [0.4, 0.5) is 0 Å².